The lowest BCUT2D eigenvalue weighted by Crippen LogP contribution is -2.29. The number of hydroxylamine groups is 1. The predicted octanol–water partition coefficient (Wildman–Crippen LogP) is 1.20. The highest BCUT2D eigenvalue weighted by atomic mass is 16.7. The molecule has 17 heavy (non-hydrogen) atoms. The summed E-state index contributed by atoms with van der Waals surface area (Å²) in [5, 5.41) is 0. The predicted molar refractivity (Wildman–Crippen MR) is 63.8 cm³/mol. The Balaban J connectivity index is 1.74. The van der Waals surface area contributed by atoms with Gasteiger partial charge in [0.1, 0.15) is 0 Å². The van der Waals surface area contributed by atoms with Crippen LogP contribution in [-0.2, 0) is 16.1 Å². The third-order valence-electron chi connectivity index (χ3n) is 2.83. The second kappa shape index (κ2) is 5.63. The van der Waals surface area contributed by atoms with E-state index in [1.807, 2.05) is 0 Å². The molecule has 0 saturated heterocycles. The van der Waals surface area contributed by atoms with Gasteiger partial charge in [-0.25, -0.2) is 5.48 Å². The summed E-state index contributed by atoms with van der Waals surface area (Å²) in [7, 11) is 0. The first-order valence-corrected chi connectivity index (χ1v) is 5.89. The van der Waals surface area contributed by atoms with Crippen molar-refractivity contribution in [2.24, 2.45) is 0 Å². The Hall–Kier alpha value is -1.62. The summed E-state index contributed by atoms with van der Waals surface area (Å²) < 4.78 is 0. The number of nitrogen functional groups attached to an aromatic ring is 1. The molecule has 1 aromatic heterocycles. The number of amides is 1. The Kier molecular flexibility index (Phi) is 3.93. The Labute approximate surface area is 100 Å². The average molecular weight is 235 g/mol. The Morgan fingerprint density at radius 3 is 2.88 bits per heavy atom. The van der Waals surface area contributed by atoms with E-state index in [4.69, 9.17) is 10.6 Å². The number of carbonyl (C=O) groups is 1. The average Bonchev–Trinajstić information content (AvgIpc) is 2.83. The lowest BCUT2D eigenvalue weighted by atomic mass is 10.2. The molecule has 1 aromatic rings. The Morgan fingerprint density at radius 2 is 2.24 bits per heavy atom. The second-order valence-electron chi connectivity index (χ2n) is 4.31. The smallest absolute Gasteiger partial charge is 0.249 e. The van der Waals surface area contributed by atoms with Crippen molar-refractivity contribution in [3.05, 3.63) is 24.0 Å². The third-order valence-corrected chi connectivity index (χ3v) is 2.83. The standard InChI is InChI=1S/C12H17N3O2/c13-9-5-6-10(14-8-9)7-12(16)15-17-11-3-1-2-4-11/h5-6,8,11H,1-4,7,13H2,(H,15,16). The molecule has 0 spiro atoms. The van der Waals surface area contributed by atoms with Gasteiger partial charge in [-0.3, -0.25) is 14.6 Å². The SMILES string of the molecule is Nc1ccc(CC(=O)NOC2CCCC2)nc1. The minimum absolute atomic E-state index is 0.172. The molecular formula is C12H17N3O2. The topological polar surface area (TPSA) is 77.2 Å². The maximum absolute atomic E-state index is 11.5. The van der Waals surface area contributed by atoms with Gasteiger partial charge in [0.15, 0.2) is 0 Å². The molecule has 1 fully saturated rings. The van der Waals surface area contributed by atoms with Crippen LogP contribution in [0.25, 0.3) is 0 Å². The molecule has 1 saturated carbocycles. The number of carbonyl (C=O) groups excluding carboxylic acids is 1. The summed E-state index contributed by atoms with van der Waals surface area (Å²) in [5.74, 6) is -0.172. The minimum Gasteiger partial charge on any atom is -0.397 e. The summed E-state index contributed by atoms with van der Waals surface area (Å²) in [5.41, 5.74) is 9.27. The first kappa shape index (κ1) is 11.9. The molecule has 0 radical (unpaired) electrons. The highest BCUT2D eigenvalue weighted by Crippen LogP contribution is 2.19. The zero-order chi connectivity index (χ0) is 12.1. The maximum Gasteiger partial charge on any atom is 0.249 e. The molecule has 0 aromatic carbocycles. The van der Waals surface area contributed by atoms with Crippen molar-refractivity contribution in [2.45, 2.75) is 38.2 Å². The number of pyridine rings is 1. The first-order chi connectivity index (χ1) is 8.24. The van der Waals surface area contributed by atoms with Crippen LogP contribution < -0.4 is 11.2 Å². The third kappa shape index (κ3) is 3.71. The van der Waals surface area contributed by atoms with E-state index in [1.165, 1.54) is 12.8 Å². The quantitative estimate of drug-likeness (QED) is 0.769. The summed E-state index contributed by atoms with van der Waals surface area (Å²) in [4.78, 5) is 20.9. The van der Waals surface area contributed by atoms with Gasteiger partial charge in [-0.15, -0.1) is 0 Å². The molecule has 0 bridgehead atoms. The van der Waals surface area contributed by atoms with Crippen molar-refractivity contribution in [1.29, 1.82) is 0 Å². The second-order valence-corrected chi connectivity index (χ2v) is 4.31. The van der Waals surface area contributed by atoms with Crippen molar-refractivity contribution >= 4 is 11.6 Å². The van der Waals surface area contributed by atoms with E-state index in [0.29, 0.717) is 11.4 Å². The lowest BCUT2D eigenvalue weighted by molar-refractivity contribution is -0.137. The van der Waals surface area contributed by atoms with Crippen LogP contribution in [0.5, 0.6) is 0 Å². The van der Waals surface area contributed by atoms with Gasteiger partial charge in [0.25, 0.3) is 0 Å². The van der Waals surface area contributed by atoms with E-state index < -0.39 is 0 Å². The van der Waals surface area contributed by atoms with Gasteiger partial charge >= 0.3 is 0 Å². The zero-order valence-electron chi connectivity index (χ0n) is 9.69. The fourth-order valence-corrected chi connectivity index (χ4v) is 1.90. The molecule has 0 aliphatic heterocycles. The van der Waals surface area contributed by atoms with Gasteiger partial charge in [0.05, 0.1) is 24.4 Å². The molecule has 0 atom stereocenters. The molecule has 1 heterocycles. The van der Waals surface area contributed by atoms with Crippen LogP contribution in [0.15, 0.2) is 18.3 Å². The van der Waals surface area contributed by atoms with Crippen molar-refractivity contribution in [2.75, 3.05) is 5.73 Å². The highest BCUT2D eigenvalue weighted by Gasteiger charge is 2.16. The van der Waals surface area contributed by atoms with Crippen LogP contribution in [0.2, 0.25) is 0 Å². The molecule has 3 N–H and O–H groups in total. The van der Waals surface area contributed by atoms with E-state index in [9.17, 15) is 4.79 Å². The van der Waals surface area contributed by atoms with Gasteiger partial charge in [-0.1, -0.05) is 12.8 Å². The number of nitrogens with one attached hydrogen (secondary N) is 1. The van der Waals surface area contributed by atoms with Gasteiger partial charge < -0.3 is 5.73 Å². The number of rotatable bonds is 4. The van der Waals surface area contributed by atoms with Crippen molar-refractivity contribution in [3.63, 3.8) is 0 Å². The Morgan fingerprint density at radius 1 is 1.47 bits per heavy atom. The number of aromatic nitrogens is 1. The number of hydrogen-bond acceptors (Lipinski definition) is 4. The molecule has 1 aliphatic rings. The van der Waals surface area contributed by atoms with Crippen LogP contribution in [0.3, 0.4) is 0 Å². The fraction of sp³-hybridized carbons (Fsp3) is 0.500. The molecule has 5 heteroatoms. The molecular weight excluding hydrogens is 218 g/mol. The number of nitrogens with two attached hydrogens (primary N) is 1. The number of anilines is 1. The Bertz CT molecular complexity index is 372. The van der Waals surface area contributed by atoms with E-state index >= 15 is 0 Å². The molecule has 92 valence electrons. The van der Waals surface area contributed by atoms with Crippen molar-refractivity contribution < 1.29 is 9.63 Å². The van der Waals surface area contributed by atoms with Crippen LogP contribution in [-0.4, -0.2) is 17.0 Å². The van der Waals surface area contributed by atoms with Crippen LogP contribution in [0, 0.1) is 0 Å². The normalized spacial score (nSPS) is 16.0. The largest absolute Gasteiger partial charge is 0.397 e. The maximum atomic E-state index is 11.5. The summed E-state index contributed by atoms with van der Waals surface area (Å²) in [6.45, 7) is 0. The molecule has 2 rings (SSSR count). The van der Waals surface area contributed by atoms with Crippen LogP contribution >= 0.6 is 0 Å². The van der Waals surface area contributed by atoms with E-state index in [0.717, 1.165) is 12.8 Å². The summed E-state index contributed by atoms with van der Waals surface area (Å²) in [6, 6.07) is 3.47. The highest BCUT2D eigenvalue weighted by molar-refractivity contribution is 5.77. The summed E-state index contributed by atoms with van der Waals surface area (Å²) in [6.07, 6.45) is 6.35. The van der Waals surface area contributed by atoms with Crippen LogP contribution in [0.4, 0.5) is 5.69 Å². The van der Waals surface area contributed by atoms with Gasteiger partial charge in [-0.05, 0) is 25.0 Å². The fourth-order valence-electron chi connectivity index (χ4n) is 1.90. The van der Waals surface area contributed by atoms with E-state index in [-0.39, 0.29) is 18.4 Å². The molecule has 0 unspecified atom stereocenters. The molecule has 5 nitrogen and oxygen atoms in total. The van der Waals surface area contributed by atoms with Crippen molar-refractivity contribution in [1.82, 2.24) is 10.5 Å². The monoisotopic (exact) mass is 235 g/mol. The lowest BCUT2D eigenvalue weighted by Gasteiger charge is -2.11. The zero-order valence-corrected chi connectivity index (χ0v) is 9.69. The molecule has 1 aliphatic carbocycles. The van der Waals surface area contributed by atoms with Gasteiger partial charge in [0, 0.05) is 5.69 Å². The van der Waals surface area contributed by atoms with Gasteiger partial charge in [0.2, 0.25) is 5.91 Å². The minimum atomic E-state index is -0.172. The summed E-state index contributed by atoms with van der Waals surface area (Å²) >= 11 is 0. The number of hydrogen-bond donors (Lipinski definition) is 2. The van der Waals surface area contributed by atoms with E-state index in [2.05, 4.69) is 10.5 Å². The first-order valence-electron chi connectivity index (χ1n) is 5.89. The number of nitrogens with zero attached hydrogens (tertiary/aromatic N) is 1. The van der Waals surface area contributed by atoms with Gasteiger partial charge in [-0.2, -0.15) is 0 Å². The van der Waals surface area contributed by atoms with E-state index in [1.54, 1.807) is 18.3 Å². The molecule has 1 amide bonds. The van der Waals surface area contributed by atoms with Crippen LogP contribution in [0.1, 0.15) is 31.4 Å². The van der Waals surface area contributed by atoms with Crippen molar-refractivity contribution in [3.8, 4) is 0 Å².